The van der Waals surface area contributed by atoms with Gasteiger partial charge in [-0.1, -0.05) is 23.2 Å². The molecular formula is C17H18Cl2O6. The predicted molar refractivity (Wildman–Crippen MR) is 95.6 cm³/mol. The lowest BCUT2D eigenvalue weighted by atomic mass is 10.2. The molecule has 6 nitrogen and oxygen atoms in total. The van der Waals surface area contributed by atoms with Gasteiger partial charge in [0.2, 0.25) is 0 Å². The SMILES string of the molecule is CC(O)CO.O=C(O)c1ccc(Cl)cc1.O=C(O)c1ccc(Cl)cc1. The van der Waals surface area contributed by atoms with Gasteiger partial charge in [-0.05, 0) is 55.5 Å². The number of halogens is 2. The second-order valence-electron chi connectivity index (χ2n) is 4.66. The summed E-state index contributed by atoms with van der Waals surface area (Å²) in [4.78, 5) is 20.5. The summed E-state index contributed by atoms with van der Waals surface area (Å²) in [5.74, 6) is -1.87. The topological polar surface area (TPSA) is 115 Å². The fourth-order valence-corrected chi connectivity index (χ4v) is 1.44. The molecule has 0 aliphatic carbocycles. The Kier molecular flexibility index (Phi) is 11.2. The molecule has 0 radical (unpaired) electrons. The molecule has 0 saturated carbocycles. The minimum absolute atomic E-state index is 0.139. The Morgan fingerprint density at radius 3 is 1.24 bits per heavy atom. The maximum atomic E-state index is 10.3. The summed E-state index contributed by atoms with van der Waals surface area (Å²) < 4.78 is 0. The largest absolute Gasteiger partial charge is 0.478 e. The van der Waals surface area contributed by atoms with Crippen LogP contribution >= 0.6 is 23.2 Å². The zero-order chi connectivity index (χ0) is 19.4. The van der Waals surface area contributed by atoms with E-state index in [-0.39, 0.29) is 17.7 Å². The van der Waals surface area contributed by atoms with E-state index in [0.29, 0.717) is 10.0 Å². The highest BCUT2D eigenvalue weighted by Gasteiger charge is 1.99. The Bertz CT molecular complexity index is 598. The fourth-order valence-electron chi connectivity index (χ4n) is 1.18. The van der Waals surface area contributed by atoms with Crippen LogP contribution in [-0.2, 0) is 0 Å². The molecule has 25 heavy (non-hydrogen) atoms. The van der Waals surface area contributed by atoms with Crippen LogP contribution < -0.4 is 0 Å². The van der Waals surface area contributed by atoms with Crippen molar-refractivity contribution in [1.82, 2.24) is 0 Å². The number of aliphatic hydroxyl groups excluding tert-OH is 2. The molecule has 0 aliphatic rings. The van der Waals surface area contributed by atoms with E-state index in [2.05, 4.69) is 0 Å². The Morgan fingerprint density at radius 2 is 1.08 bits per heavy atom. The standard InChI is InChI=1S/2C7H5ClO2.C3H8O2/c2*8-6-3-1-5(2-4-6)7(9)10;1-3(5)2-4/h2*1-4H,(H,9,10);3-5H,2H2,1H3. The summed E-state index contributed by atoms with van der Waals surface area (Å²) in [6.45, 7) is 1.39. The van der Waals surface area contributed by atoms with Gasteiger partial charge in [-0.25, -0.2) is 9.59 Å². The van der Waals surface area contributed by atoms with E-state index in [0.717, 1.165) is 0 Å². The molecule has 1 atom stereocenters. The highest BCUT2D eigenvalue weighted by atomic mass is 35.5. The minimum atomic E-state index is -0.934. The summed E-state index contributed by atoms with van der Waals surface area (Å²) >= 11 is 11.0. The van der Waals surface area contributed by atoms with Crippen molar-refractivity contribution in [3.63, 3.8) is 0 Å². The number of hydrogen-bond donors (Lipinski definition) is 4. The molecule has 0 aromatic heterocycles. The Labute approximate surface area is 154 Å². The first-order valence-corrected chi connectivity index (χ1v) is 7.69. The van der Waals surface area contributed by atoms with Crippen LogP contribution in [0, 0.1) is 0 Å². The molecule has 0 fully saturated rings. The van der Waals surface area contributed by atoms with Crippen LogP contribution in [0.3, 0.4) is 0 Å². The molecule has 0 saturated heterocycles. The Balaban J connectivity index is 0.000000368. The molecule has 2 aromatic rings. The maximum Gasteiger partial charge on any atom is 0.335 e. The average molecular weight is 389 g/mol. The van der Waals surface area contributed by atoms with Gasteiger partial charge in [-0.3, -0.25) is 0 Å². The minimum Gasteiger partial charge on any atom is -0.478 e. The molecule has 2 aromatic carbocycles. The molecule has 2 rings (SSSR count). The molecule has 0 spiro atoms. The summed E-state index contributed by atoms with van der Waals surface area (Å²) in [7, 11) is 0. The highest BCUT2D eigenvalue weighted by Crippen LogP contribution is 2.09. The van der Waals surface area contributed by atoms with E-state index in [4.69, 9.17) is 43.6 Å². The third-order valence-corrected chi connectivity index (χ3v) is 2.95. The van der Waals surface area contributed by atoms with Crippen molar-refractivity contribution in [2.75, 3.05) is 6.61 Å². The van der Waals surface area contributed by atoms with Gasteiger partial charge < -0.3 is 20.4 Å². The lowest BCUT2D eigenvalue weighted by Gasteiger charge is -1.91. The van der Waals surface area contributed by atoms with Crippen molar-refractivity contribution in [1.29, 1.82) is 0 Å². The first-order valence-electron chi connectivity index (χ1n) is 6.94. The molecule has 4 N–H and O–H groups in total. The van der Waals surface area contributed by atoms with Crippen molar-refractivity contribution in [3.05, 3.63) is 69.7 Å². The third kappa shape index (κ3) is 11.1. The normalized spacial score (nSPS) is 10.4. The highest BCUT2D eigenvalue weighted by molar-refractivity contribution is 6.30. The van der Waals surface area contributed by atoms with Crippen molar-refractivity contribution in [2.24, 2.45) is 0 Å². The first kappa shape index (κ1) is 22.9. The summed E-state index contributed by atoms with van der Waals surface area (Å²) in [5, 5.41) is 34.0. The summed E-state index contributed by atoms with van der Waals surface area (Å²) in [6, 6.07) is 12.0. The van der Waals surface area contributed by atoms with Crippen molar-refractivity contribution in [2.45, 2.75) is 13.0 Å². The van der Waals surface area contributed by atoms with Gasteiger partial charge in [0.25, 0.3) is 0 Å². The third-order valence-electron chi connectivity index (χ3n) is 2.45. The average Bonchev–Trinajstić information content (AvgIpc) is 2.56. The van der Waals surface area contributed by atoms with Crippen LogP contribution in [0.25, 0.3) is 0 Å². The van der Waals surface area contributed by atoms with Gasteiger partial charge in [0.1, 0.15) is 0 Å². The van der Waals surface area contributed by atoms with Crippen LogP contribution in [0.2, 0.25) is 10.0 Å². The van der Waals surface area contributed by atoms with Crippen molar-refractivity contribution >= 4 is 35.1 Å². The first-order chi connectivity index (χ1) is 11.7. The van der Waals surface area contributed by atoms with E-state index in [1.54, 1.807) is 24.3 Å². The van der Waals surface area contributed by atoms with Gasteiger partial charge >= 0.3 is 11.9 Å². The zero-order valence-corrected chi connectivity index (χ0v) is 14.8. The van der Waals surface area contributed by atoms with Crippen LogP contribution in [0.1, 0.15) is 27.6 Å². The van der Waals surface area contributed by atoms with Crippen LogP contribution in [-0.4, -0.2) is 45.1 Å². The maximum absolute atomic E-state index is 10.3. The van der Waals surface area contributed by atoms with Crippen molar-refractivity contribution < 1.29 is 30.0 Å². The van der Waals surface area contributed by atoms with E-state index in [9.17, 15) is 9.59 Å². The molecule has 0 heterocycles. The number of aromatic carboxylic acids is 2. The monoisotopic (exact) mass is 388 g/mol. The number of benzene rings is 2. The Hall–Kier alpha value is -2.12. The van der Waals surface area contributed by atoms with Crippen molar-refractivity contribution in [3.8, 4) is 0 Å². The zero-order valence-electron chi connectivity index (χ0n) is 13.3. The fraction of sp³-hybridized carbons (Fsp3) is 0.176. The molecular weight excluding hydrogens is 371 g/mol. The number of carboxylic acid groups (broad SMARTS) is 2. The van der Waals surface area contributed by atoms with Crippen LogP contribution in [0.5, 0.6) is 0 Å². The van der Waals surface area contributed by atoms with Gasteiger partial charge in [0.15, 0.2) is 0 Å². The number of rotatable bonds is 3. The van der Waals surface area contributed by atoms with E-state index in [1.807, 2.05) is 0 Å². The van der Waals surface area contributed by atoms with Gasteiger partial charge in [-0.2, -0.15) is 0 Å². The van der Waals surface area contributed by atoms with Crippen LogP contribution in [0.15, 0.2) is 48.5 Å². The quantitative estimate of drug-likeness (QED) is 0.639. The predicted octanol–water partition coefficient (Wildman–Crippen LogP) is 3.44. The second kappa shape index (κ2) is 12.3. The lowest BCUT2D eigenvalue weighted by Crippen LogP contribution is -2.03. The van der Waals surface area contributed by atoms with Gasteiger partial charge in [0.05, 0.1) is 23.8 Å². The molecule has 0 bridgehead atoms. The lowest BCUT2D eigenvalue weighted by molar-refractivity contribution is 0.0686. The smallest absolute Gasteiger partial charge is 0.335 e. The molecule has 0 amide bonds. The number of carbonyl (C=O) groups is 2. The molecule has 136 valence electrons. The number of aliphatic hydroxyl groups is 2. The molecule has 1 unspecified atom stereocenters. The number of carboxylic acids is 2. The number of hydrogen-bond acceptors (Lipinski definition) is 4. The Morgan fingerprint density at radius 1 is 0.840 bits per heavy atom. The van der Waals surface area contributed by atoms with E-state index < -0.39 is 18.0 Å². The van der Waals surface area contributed by atoms with E-state index in [1.165, 1.54) is 31.2 Å². The van der Waals surface area contributed by atoms with Crippen LogP contribution in [0.4, 0.5) is 0 Å². The summed E-state index contributed by atoms with van der Waals surface area (Å²) in [5.41, 5.74) is 0.508. The van der Waals surface area contributed by atoms with E-state index >= 15 is 0 Å². The second-order valence-corrected chi connectivity index (χ2v) is 5.53. The van der Waals surface area contributed by atoms with Gasteiger partial charge in [0, 0.05) is 10.0 Å². The summed E-state index contributed by atoms with van der Waals surface area (Å²) in [6.07, 6.45) is -0.560. The molecule has 0 aliphatic heterocycles. The molecule has 8 heteroatoms. The van der Waals surface area contributed by atoms with Gasteiger partial charge in [-0.15, -0.1) is 0 Å².